The number of nitrogens with one attached hydrogen (secondary N) is 2. The fourth-order valence-corrected chi connectivity index (χ4v) is 6.16. The van der Waals surface area contributed by atoms with E-state index in [1.165, 1.54) is 17.8 Å². The first-order chi connectivity index (χ1) is 18.2. The third kappa shape index (κ3) is 4.81. The van der Waals surface area contributed by atoms with Gasteiger partial charge < -0.3 is 19.8 Å². The summed E-state index contributed by atoms with van der Waals surface area (Å²) in [6.45, 7) is 0.137. The zero-order valence-electron chi connectivity index (χ0n) is 20.4. The van der Waals surface area contributed by atoms with Crippen LogP contribution in [0.1, 0.15) is 48.6 Å². The van der Waals surface area contributed by atoms with Gasteiger partial charge in [-0.1, -0.05) is 43.5 Å². The molecule has 1 saturated carbocycles. The van der Waals surface area contributed by atoms with Gasteiger partial charge in [-0.2, -0.15) is 0 Å². The van der Waals surface area contributed by atoms with Gasteiger partial charge in [0, 0.05) is 39.8 Å². The molecule has 1 aliphatic heterocycles. The van der Waals surface area contributed by atoms with E-state index in [2.05, 4.69) is 10.3 Å². The highest BCUT2D eigenvalue weighted by atomic mass is 32.1. The van der Waals surface area contributed by atoms with Gasteiger partial charge in [-0.3, -0.25) is 14.5 Å². The molecular weight excluding hydrogens is 486 g/mol. The van der Waals surface area contributed by atoms with Crippen LogP contribution < -0.4 is 19.7 Å². The summed E-state index contributed by atoms with van der Waals surface area (Å²) < 4.78 is 11.1. The average Bonchev–Trinajstić information content (AvgIpc) is 3.69. The second kappa shape index (κ2) is 10.3. The molecule has 1 atom stereocenters. The number of ether oxygens (including phenoxy) is 2. The van der Waals surface area contributed by atoms with Gasteiger partial charge >= 0.3 is 0 Å². The molecule has 1 unspecified atom stereocenters. The van der Waals surface area contributed by atoms with Crippen LogP contribution >= 0.6 is 11.3 Å². The van der Waals surface area contributed by atoms with Crippen molar-refractivity contribution in [2.24, 2.45) is 0 Å². The third-order valence-corrected chi connectivity index (χ3v) is 8.12. The number of nitrogens with zero attached hydrogens (tertiary/aromatic N) is 1. The SMILES string of the molecule is O=C(NC1CCCCC1)C(c1cccs1)N(C(=O)Cc1c[nH]c2ccccc12)c1ccc2c(c1)OCO2. The van der Waals surface area contributed by atoms with Gasteiger partial charge in [0.1, 0.15) is 6.04 Å². The van der Waals surface area contributed by atoms with E-state index in [-0.39, 0.29) is 31.1 Å². The lowest BCUT2D eigenvalue weighted by molar-refractivity contribution is -0.127. The van der Waals surface area contributed by atoms with Gasteiger partial charge in [0.15, 0.2) is 11.5 Å². The maximum absolute atomic E-state index is 14.2. The van der Waals surface area contributed by atoms with Crippen LogP contribution in [0.25, 0.3) is 10.9 Å². The topological polar surface area (TPSA) is 83.7 Å². The largest absolute Gasteiger partial charge is 0.454 e. The van der Waals surface area contributed by atoms with Crippen molar-refractivity contribution >= 4 is 39.7 Å². The van der Waals surface area contributed by atoms with Crippen LogP contribution in [0.3, 0.4) is 0 Å². The minimum atomic E-state index is -0.792. The van der Waals surface area contributed by atoms with Gasteiger partial charge in [0.2, 0.25) is 18.6 Å². The molecule has 3 heterocycles. The van der Waals surface area contributed by atoms with Crippen LogP contribution in [-0.4, -0.2) is 29.6 Å². The number of amides is 2. The summed E-state index contributed by atoms with van der Waals surface area (Å²) in [6.07, 6.45) is 7.39. The van der Waals surface area contributed by atoms with Crippen molar-refractivity contribution in [3.8, 4) is 11.5 Å². The Hall–Kier alpha value is -3.78. The van der Waals surface area contributed by atoms with Gasteiger partial charge in [0.05, 0.1) is 6.42 Å². The summed E-state index contributed by atoms with van der Waals surface area (Å²) in [7, 11) is 0. The molecule has 190 valence electrons. The Bertz CT molecular complexity index is 1410. The summed E-state index contributed by atoms with van der Waals surface area (Å²) in [5.41, 5.74) is 2.47. The number of thiophene rings is 1. The normalized spacial score (nSPS) is 16.0. The van der Waals surface area contributed by atoms with Crippen molar-refractivity contribution in [2.45, 2.75) is 50.6 Å². The molecule has 0 bridgehead atoms. The molecule has 2 aromatic carbocycles. The maximum atomic E-state index is 14.2. The molecule has 2 amide bonds. The number of carbonyl (C=O) groups is 2. The number of hydrogen-bond donors (Lipinski definition) is 2. The molecule has 2 N–H and O–H groups in total. The van der Waals surface area contributed by atoms with E-state index in [1.54, 1.807) is 17.0 Å². The number of carbonyl (C=O) groups excluding carboxylic acids is 2. The van der Waals surface area contributed by atoms with E-state index in [0.29, 0.717) is 17.2 Å². The Labute approximate surface area is 219 Å². The van der Waals surface area contributed by atoms with Crippen molar-refractivity contribution in [1.29, 1.82) is 0 Å². The molecule has 2 aromatic heterocycles. The lowest BCUT2D eigenvalue weighted by atomic mass is 9.95. The van der Waals surface area contributed by atoms with Crippen molar-refractivity contribution in [3.63, 3.8) is 0 Å². The molecule has 0 spiro atoms. The molecule has 1 aliphatic carbocycles. The van der Waals surface area contributed by atoms with E-state index in [1.807, 2.05) is 54.0 Å². The molecule has 6 rings (SSSR count). The molecular formula is C29H29N3O4S. The van der Waals surface area contributed by atoms with Gasteiger partial charge in [-0.05, 0) is 48.1 Å². The summed E-state index contributed by atoms with van der Waals surface area (Å²) in [5, 5.41) is 6.21. The highest BCUT2D eigenvalue weighted by Gasteiger charge is 2.35. The number of benzene rings is 2. The zero-order chi connectivity index (χ0) is 25.2. The smallest absolute Gasteiger partial charge is 0.248 e. The summed E-state index contributed by atoms with van der Waals surface area (Å²) in [6, 6.07) is 16.5. The molecule has 2 aliphatic rings. The van der Waals surface area contributed by atoms with Crippen molar-refractivity contribution in [1.82, 2.24) is 10.3 Å². The van der Waals surface area contributed by atoms with Crippen LogP contribution in [0.4, 0.5) is 5.69 Å². The summed E-state index contributed by atoms with van der Waals surface area (Å²) in [4.78, 5) is 33.8. The Morgan fingerprint density at radius 3 is 2.70 bits per heavy atom. The van der Waals surface area contributed by atoms with Crippen LogP contribution in [-0.2, 0) is 16.0 Å². The highest BCUT2D eigenvalue weighted by Crippen LogP contribution is 2.39. The number of fused-ring (bicyclic) bond motifs is 2. The van der Waals surface area contributed by atoms with Gasteiger partial charge in [0.25, 0.3) is 0 Å². The number of H-pyrrole nitrogens is 1. The zero-order valence-corrected chi connectivity index (χ0v) is 21.3. The highest BCUT2D eigenvalue weighted by molar-refractivity contribution is 7.10. The number of aromatic nitrogens is 1. The molecule has 8 heteroatoms. The first-order valence-electron chi connectivity index (χ1n) is 12.8. The van der Waals surface area contributed by atoms with Crippen molar-refractivity contribution in [3.05, 3.63) is 76.6 Å². The van der Waals surface area contributed by atoms with E-state index < -0.39 is 6.04 Å². The quantitative estimate of drug-likeness (QED) is 0.330. The molecule has 4 aromatic rings. The minimum Gasteiger partial charge on any atom is -0.454 e. The monoisotopic (exact) mass is 515 g/mol. The molecule has 1 fully saturated rings. The maximum Gasteiger partial charge on any atom is 0.248 e. The van der Waals surface area contributed by atoms with E-state index in [9.17, 15) is 9.59 Å². The molecule has 37 heavy (non-hydrogen) atoms. The number of aromatic amines is 1. The lowest BCUT2D eigenvalue weighted by Crippen LogP contribution is -2.47. The predicted octanol–water partition coefficient (Wildman–Crippen LogP) is 5.72. The number of hydrogen-bond acceptors (Lipinski definition) is 5. The predicted molar refractivity (Wildman–Crippen MR) is 144 cm³/mol. The van der Waals surface area contributed by atoms with Crippen molar-refractivity contribution in [2.75, 3.05) is 11.7 Å². The lowest BCUT2D eigenvalue weighted by Gasteiger charge is -2.33. The Balaban J connectivity index is 1.39. The summed E-state index contributed by atoms with van der Waals surface area (Å²) in [5.74, 6) is 0.882. The van der Waals surface area contributed by atoms with Gasteiger partial charge in [-0.15, -0.1) is 11.3 Å². The fraction of sp³-hybridized carbons (Fsp3) is 0.310. The van der Waals surface area contributed by atoms with Crippen LogP contribution in [0.15, 0.2) is 66.2 Å². The minimum absolute atomic E-state index is 0.131. The van der Waals surface area contributed by atoms with Crippen LogP contribution in [0.2, 0.25) is 0 Å². The summed E-state index contributed by atoms with van der Waals surface area (Å²) >= 11 is 1.48. The first kappa shape index (κ1) is 23.6. The second-order valence-electron chi connectivity index (χ2n) is 9.60. The fourth-order valence-electron chi connectivity index (χ4n) is 5.35. The molecule has 7 nitrogen and oxygen atoms in total. The van der Waals surface area contributed by atoms with Crippen LogP contribution in [0, 0.1) is 0 Å². The Morgan fingerprint density at radius 1 is 1.03 bits per heavy atom. The molecule has 0 saturated heterocycles. The second-order valence-corrected chi connectivity index (χ2v) is 10.6. The Kier molecular flexibility index (Phi) is 6.57. The van der Waals surface area contributed by atoms with Crippen LogP contribution in [0.5, 0.6) is 11.5 Å². The Morgan fingerprint density at radius 2 is 1.86 bits per heavy atom. The third-order valence-electron chi connectivity index (χ3n) is 7.19. The number of rotatable bonds is 7. The van der Waals surface area contributed by atoms with Gasteiger partial charge in [-0.25, -0.2) is 0 Å². The van der Waals surface area contributed by atoms with E-state index in [4.69, 9.17) is 9.47 Å². The molecule has 0 radical (unpaired) electrons. The van der Waals surface area contributed by atoms with Crippen molar-refractivity contribution < 1.29 is 19.1 Å². The first-order valence-corrected chi connectivity index (χ1v) is 13.7. The van der Waals surface area contributed by atoms with E-state index >= 15 is 0 Å². The van der Waals surface area contributed by atoms with E-state index in [0.717, 1.165) is 47.0 Å². The average molecular weight is 516 g/mol. The standard InChI is InChI=1S/C29H29N3O4S/c33-27(15-19-17-30-23-10-5-4-9-22(19)23)32(21-12-13-24-25(16-21)36-18-35-24)28(26-11-6-14-37-26)29(34)31-20-7-2-1-3-8-20/h4-6,9-14,16-17,20,28,30H,1-3,7-8,15,18H2,(H,31,34). The number of anilines is 1. The number of para-hydroxylation sites is 1.